The summed E-state index contributed by atoms with van der Waals surface area (Å²) in [6, 6.07) is 5.73. The lowest BCUT2D eigenvalue weighted by atomic mass is 9.91. The minimum atomic E-state index is -0.810. The van der Waals surface area contributed by atoms with Crippen LogP contribution in [0.15, 0.2) is 22.7 Å². The van der Waals surface area contributed by atoms with Crippen molar-refractivity contribution in [3.63, 3.8) is 0 Å². The van der Waals surface area contributed by atoms with Crippen molar-refractivity contribution >= 4 is 17.1 Å². The van der Waals surface area contributed by atoms with Gasteiger partial charge in [-0.25, -0.2) is 4.79 Å². The summed E-state index contributed by atoms with van der Waals surface area (Å²) in [5.41, 5.74) is 1.72. The van der Waals surface area contributed by atoms with E-state index in [2.05, 4.69) is 5.16 Å². The zero-order valence-electron chi connectivity index (χ0n) is 12.6. The lowest BCUT2D eigenvalue weighted by Gasteiger charge is -2.29. The molecule has 0 bridgehead atoms. The maximum atomic E-state index is 10.9. The second-order valence-corrected chi connectivity index (χ2v) is 5.74. The molecule has 1 amide bonds. The average molecular weight is 304 g/mol. The Morgan fingerprint density at radius 2 is 2.23 bits per heavy atom. The minimum absolute atomic E-state index is 0.556. The first-order chi connectivity index (χ1) is 10.7. The summed E-state index contributed by atoms with van der Waals surface area (Å²) in [5, 5.41) is 14.2. The number of carbonyl (C=O) groups is 1. The van der Waals surface area contributed by atoms with Crippen LogP contribution in [-0.2, 0) is 6.42 Å². The molecule has 0 unspecified atom stereocenters. The van der Waals surface area contributed by atoms with E-state index in [-0.39, 0.29) is 0 Å². The molecule has 1 N–H and O–H groups in total. The smallest absolute Gasteiger partial charge is 0.407 e. The van der Waals surface area contributed by atoms with Gasteiger partial charge < -0.3 is 19.3 Å². The number of nitrogens with zero attached hydrogens (tertiary/aromatic N) is 2. The van der Waals surface area contributed by atoms with Gasteiger partial charge in [0.15, 0.2) is 5.58 Å². The normalized spacial score (nSPS) is 16.1. The molecule has 1 aromatic heterocycles. The van der Waals surface area contributed by atoms with E-state index in [1.165, 1.54) is 4.90 Å². The summed E-state index contributed by atoms with van der Waals surface area (Å²) in [6.45, 7) is 1.27. The minimum Gasteiger partial charge on any atom is -0.497 e. The summed E-state index contributed by atoms with van der Waals surface area (Å²) in [7, 11) is 1.63. The molecule has 1 fully saturated rings. The lowest BCUT2D eigenvalue weighted by Crippen LogP contribution is -2.37. The number of methoxy groups -OCH3 is 1. The number of aryl methyl sites for hydroxylation is 1. The quantitative estimate of drug-likeness (QED) is 0.939. The molecule has 2 heterocycles. The molecule has 22 heavy (non-hydrogen) atoms. The predicted octanol–water partition coefficient (Wildman–Crippen LogP) is 3.16. The zero-order chi connectivity index (χ0) is 15.5. The highest BCUT2D eigenvalue weighted by atomic mass is 16.5. The van der Waals surface area contributed by atoms with Gasteiger partial charge >= 0.3 is 6.09 Å². The van der Waals surface area contributed by atoms with Crippen LogP contribution in [0.4, 0.5) is 4.79 Å². The predicted molar refractivity (Wildman–Crippen MR) is 81.2 cm³/mol. The fourth-order valence-electron chi connectivity index (χ4n) is 3.03. The zero-order valence-corrected chi connectivity index (χ0v) is 12.6. The second kappa shape index (κ2) is 6.25. The van der Waals surface area contributed by atoms with Crippen LogP contribution >= 0.6 is 0 Å². The van der Waals surface area contributed by atoms with E-state index in [1.54, 1.807) is 7.11 Å². The Morgan fingerprint density at radius 3 is 2.91 bits per heavy atom. The van der Waals surface area contributed by atoms with Crippen molar-refractivity contribution in [2.75, 3.05) is 20.2 Å². The molecule has 6 heteroatoms. The van der Waals surface area contributed by atoms with Crippen LogP contribution in [0.5, 0.6) is 5.75 Å². The van der Waals surface area contributed by atoms with Crippen LogP contribution in [0.25, 0.3) is 11.0 Å². The van der Waals surface area contributed by atoms with E-state index < -0.39 is 6.09 Å². The van der Waals surface area contributed by atoms with Crippen molar-refractivity contribution in [3.05, 3.63) is 23.9 Å². The number of rotatable bonds is 4. The maximum Gasteiger partial charge on any atom is 0.407 e. The maximum absolute atomic E-state index is 10.9. The molecule has 0 saturated carbocycles. The number of carboxylic acid groups (broad SMARTS) is 1. The third-order valence-electron chi connectivity index (χ3n) is 4.43. The van der Waals surface area contributed by atoms with Crippen molar-refractivity contribution in [1.82, 2.24) is 10.1 Å². The van der Waals surface area contributed by atoms with Crippen molar-refractivity contribution in [3.8, 4) is 5.75 Å². The summed E-state index contributed by atoms with van der Waals surface area (Å²) < 4.78 is 10.5. The molecule has 1 aliphatic rings. The number of hydrogen-bond donors (Lipinski definition) is 1. The SMILES string of the molecule is COc1ccc2c(CCC3CCN(C(=O)O)CC3)noc2c1. The molecular weight excluding hydrogens is 284 g/mol. The third-order valence-corrected chi connectivity index (χ3v) is 4.43. The Bertz CT molecular complexity index is 659. The highest BCUT2D eigenvalue weighted by molar-refractivity contribution is 5.80. The van der Waals surface area contributed by atoms with Gasteiger partial charge in [-0.05, 0) is 43.7 Å². The fourth-order valence-corrected chi connectivity index (χ4v) is 3.03. The molecule has 0 radical (unpaired) electrons. The Kier molecular flexibility index (Phi) is 4.18. The Balaban J connectivity index is 1.59. The fraction of sp³-hybridized carbons (Fsp3) is 0.500. The Labute approximate surface area is 128 Å². The summed E-state index contributed by atoms with van der Waals surface area (Å²) in [5.74, 6) is 1.32. The van der Waals surface area contributed by atoms with E-state index in [0.717, 1.165) is 48.1 Å². The van der Waals surface area contributed by atoms with Crippen LogP contribution in [0, 0.1) is 5.92 Å². The van der Waals surface area contributed by atoms with E-state index in [4.69, 9.17) is 14.4 Å². The van der Waals surface area contributed by atoms with Crippen LogP contribution in [0.2, 0.25) is 0 Å². The first kappa shape index (κ1) is 14.7. The molecule has 0 spiro atoms. The van der Waals surface area contributed by atoms with E-state index in [1.807, 2.05) is 18.2 Å². The van der Waals surface area contributed by atoms with Crippen molar-refractivity contribution in [2.45, 2.75) is 25.7 Å². The van der Waals surface area contributed by atoms with E-state index >= 15 is 0 Å². The molecule has 1 aliphatic heterocycles. The van der Waals surface area contributed by atoms with Crippen LogP contribution in [0.1, 0.15) is 25.0 Å². The molecule has 118 valence electrons. The topological polar surface area (TPSA) is 75.8 Å². The number of benzene rings is 1. The summed E-state index contributed by atoms with van der Waals surface area (Å²) >= 11 is 0. The number of piperidine rings is 1. The molecular formula is C16H20N2O4. The van der Waals surface area contributed by atoms with Gasteiger partial charge in [-0.2, -0.15) is 0 Å². The Morgan fingerprint density at radius 1 is 1.45 bits per heavy atom. The van der Waals surface area contributed by atoms with Gasteiger partial charge in [0.1, 0.15) is 5.75 Å². The standard InChI is InChI=1S/C16H20N2O4/c1-21-12-3-4-13-14(17-22-15(13)10-12)5-2-11-6-8-18(9-7-11)16(19)20/h3-4,10-11H,2,5-9H2,1H3,(H,19,20). The first-order valence-corrected chi connectivity index (χ1v) is 7.57. The molecule has 1 aromatic carbocycles. The molecule has 2 aromatic rings. The molecule has 1 saturated heterocycles. The van der Waals surface area contributed by atoms with Gasteiger partial charge in [-0.15, -0.1) is 0 Å². The largest absolute Gasteiger partial charge is 0.497 e. The number of aromatic nitrogens is 1. The lowest BCUT2D eigenvalue weighted by molar-refractivity contribution is 0.123. The van der Waals surface area contributed by atoms with Crippen LogP contribution < -0.4 is 4.74 Å². The number of fused-ring (bicyclic) bond motifs is 1. The van der Waals surface area contributed by atoms with Gasteiger partial charge in [-0.1, -0.05) is 5.16 Å². The highest BCUT2D eigenvalue weighted by Gasteiger charge is 2.22. The molecule has 0 aliphatic carbocycles. The third kappa shape index (κ3) is 3.00. The summed E-state index contributed by atoms with van der Waals surface area (Å²) in [6.07, 6.45) is 2.92. The number of hydrogen-bond acceptors (Lipinski definition) is 4. The summed E-state index contributed by atoms with van der Waals surface area (Å²) in [4.78, 5) is 12.4. The highest BCUT2D eigenvalue weighted by Crippen LogP contribution is 2.27. The van der Waals surface area contributed by atoms with Gasteiger partial charge in [-0.3, -0.25) is 0 Å². The Hall–Kier alpha value is -2.24. The van der Waals surface area contributed by atoms with Gasteiger partial charge in [0.05, 0.1) is 12.8 Å². The van der Waals surface area contributed by atoms with Gasteiger partial charge in [0.2, 0.25) is 0 Å². The van der Waals surface area contributed by atoms with Gasteiger partial charge in [0.25, 0.3) is 0 Å². The average Bonchev–Trinajstić information content (AvgIpc) is 2.95. The van der Waals surface area contributed by atoms with Crippen molar-refractivity contribution < 1.29 is 19.2 Å². The van der Waals surface area contributed by atoms with E-state index in [0.29, 0.717) is 19.0 Å². The first-order valence-electron chi connectivity index (χ1n) is 7.57. The van der Waals surface area contributed by atoms with E-state index in [9.17, 15) is 4.79 Å². The molecule has 6 nitrogen and oxygen atoms in total. The second-order valence-electron chi connectivity index (χ2n) is 5.74. The van der Waals surface area contributed by atoms with Crippen molar-refractivity contribution in [1.29, 1.82) is 0 Å². The monoisotopic (exact) mass is 304 g/mol. The van der Waals surface area contributed by atoms with Crippen molar-refractivity contribution in [2.24, 2.45) is 5.92 Å². The molecule has 3 rings (SSSR count). The number of amides is 1. The number of likely N-dealkylation sites (tertiary alicyclic amines) is 1. The van der Waals surface area contributed by atoms with Crippen LogP contribution in [0.3, 0.4) is 0 Å². The van der Waals surface area contributed by atoms with Crippen LogP contribution in [-0.4, -0.2) is 41.5 Å². The number of ether oxygens (including phenoxy) is 1. The molecule has 0 atom stereocenters. The van der Waals surface area contributed by atoms with Gasteiger partial charge in [0, 0.05) is 24.5 Å².